The Morgan fingerprint density at radius 3 is 2.42 bits per heavy atom. The van der Waals surface area contributed by atoms with Crippen LogP contribution in [-0.4, -0.2) is 79.6 Å². The number of anilines is 1. The number of methoxy groups -OCH3 is 1. The molecule has 206 valence electrons. The Balaban J connectivity index is 1.25. The van der Waals surface area contributed by atoms with Crippen LogP contribution in [0.2, 0.25) is 5.15 Å². The Kier molecular flexibility index (Phi) is 8.52. The van der Waals surface area contributed by atoms with Crippen molar-refractivity contribution in [3.8, 4) is 5.75 Å². The number of halogens is 1. The third-order valence-electron chi connectivity index (χ3n) is 8.20. The Labute approximate surface area is 230 Å². The molecular weight excluding hydrogens is 504 g/mol. The number of pyridine rings is 1. The Morgan fingerprint density at radius 1 is 1.13 bits per heavy atom. The lowest BCUT2D eigenvalue weighted by molar-refractivity contribution is -0.150. The number of aliphatic hydroxyl groups is 1. The van der Waals surface area contributed by atoms with Gasteiger partial charge in [0, 0.05) is 40.8 Å². The molecular formula is C29H39ClN4O4. The number of ether oxygens (including phenoxy) is 1. The number of hydrogen-bond acceptors (Lipinski definition) is 6. The van der Waals surface area contributed by atoms with E-state index in [1.54, 1.807) is 70.4 Å². The van der Waals surface area contributed by atoms with Gasteiger partial charge in [-0.1, -0.05) is 23.7 Å². The molecule has 9 heteroatoms. The number of rotatable bonds is 8. The van der Waals surface area contributed by atoms with E-state index in [2.05, 4.69) is 9.88 Å². The number of hydrogen-bond donors (Lipinski definition) is 1. The Bertz CT molecular complexity index is 1160. The smallest absolute Gasteiger partial charge is 0.258 e. The lowest BCUT2D eigenvalue weighted by Crippen LogP contribution is -2.47. The van der Waals surface area contributed by atoms with E-state index in [1.165, 1.54) is 4.90 Å². The normalized spacial score (nSPS) is 21.3. The van der Waals surface area contributed by atoms with E-state index in [4.69, 9.17) is 16.3 Å². The van der Waals surface area contributed by atoms with Gasteiger partial charge in [-0.25, -0.2) is 4.98 Å². The number of likely N-dealkylation sites (N-methyl/N-ethyl adjacent to an activating group) is 1. The monoisotopic (exact) mass is 542 g/mol. The van der Waals surface area contributed by atoms with Crippen molar-refractivity contribution in [2.45, 2.75) is 38.2 Å². The summed E-state index contributed by atoms with van der Waals surface area (Å²) >= 11 is 6.32. The number of nitrogens with zero attached hydrogens (tertiary/aromatic N) is 4. The summed E-state index contributed by atoms with van der Waals surface area (Å²) in [6.07, 6.45) is 4.40. The fourth-order valence-electron chi connectivity index (χ4n) is 5.81. The first-order chi connectivity index (χ1) is 18.0. The summed E-state index contributed by atoms with van der Waals surface area (Å²) in [6.45, 7) is 4.03. The zero-order valence-electron chi connectivity index (χ0n) is 23.0. The molecule has 1 N–H and O–H groups in total. The van der Waals surface area contributed by atoms with E-state index in [0.717, 1.165) is 44.6 Å². The second-order valence-electron chi connectivity index (χ2n) is 11.1. The molecule has 1 atom stereocenters. The third kappa shape index (κ3) is 5.91. The molecule has 2 amide bonds. The molecule has 8 nitrogen and oxygen atoms in total. The van der Waals surface area contributed by atoms with E-state index in [0.29, 0.717) is 41.2 Å². The van der Waals surface area contributed by atoms with Crippen molar-refractivity contribution in [3.05, 3.63) is 52.7 Å². The molecule has 38 heavy (non-hydrogen) atoms. The van der Waals surface area contributed by atoms with Gasteiger partial charge in [-0.15, -0.1) is 0 Å². The first kappa shape index (κ1) is 28.2. The molecule has 0 unspecified atom stereocenters. The summed E-state index contributed by atoms with van der Waals surface area (Å²) in [5.41, 5.74) is -0.653. The van der Waals surface area contributed by atoms with E-state index in [9.17, 15) is 14.7 Å². The molecule has 1 aromatic carbocycles. The summed E-state index contributed by atoms with van der Waals surface area (Å²) in [7, 11) is 6.74. The lowest BCUT2D eigenvalue weighted by atomic mass is 9.66. The topological polar surface area (TPSA) is 86.2 Å². The molecule has 4 rings (SSSR count). The van der Waals surface area contributed by atoms with Crippen molar-refractivity contribution in [1.82, 2.24) is 14.8 Å². The van der Waals surface area contributed by atoms with Crippen molar-refractivity contribution in [2.75, 3.05) is 52.8 Å². The van der Waals surface area contributed by atoms with Crippen LogP contribution in [0.3, 0.4) is 0 Å². The van der Waals surface area contributed by atoms with Crippen molar-refractivity contribution in [1.29, 1.82) is 0 Å². The fourth-order valence-corrected chi connectivity index (χ4v) is 6.04. The number of carbonyl (C=O) groups is 2. The zero-order valence-corrected chi connectivity index (χ0v) is 23.7. The van der Waals surface area contributed by atoms with Gasteiger partial charge in [0.1, 0.15) is 16.7 Å². The number of benzene rings is 1. The van der Waals surface area contributed by atoms with Crippen LogP contribution < -0.4 is 9.64 Å². The predicted molar refractivity (Wildman–Crippen MR) is 149 cm³/mol. The molecule has 2 aliphatic rings. The fraction of sp³-hybridized carbons (Fsp3) is 0.552. The molecule has 1 aliphatic carbocycles. The lowest BCUT2D eigenvalue weighted by Gasteiger charge is -2.45. The van der Waals surface area contributed by atoms with Crippen LogP contribution in [-0.2, 0) is 10.4 Å². The maximum absolute atomic E-state index is 13.1. The van der Waals surface area contributed by atoms with Gasteiger partial charge >= 0.3 is 0 Å². The second-order valence-corrected chi connectivity index (χ2v) is 11.5. The number of piperidine rings is 1. The molecule has 2 aromatic rings. The molecule has 1 aromatic heterocycles. The van der Waals surface area contributed by atoms with Crippen LogP contribution in [0.1, 0.15) is 48.5 Å². The molecule has 1 saturated heterocycles. The van der Waals surface area contributed by atoms with Gasteiger partial charge < -0.3 is 24.5 Å². The van der Waals surface area contributed by atoms with Gasteiger partial charge in [0.2, 0.25) is 0 Å². The average molecular weight is 543 g/mol. The molecule has 2 heterocycles. The standard InChI is InChI=1S/C29H39ClN4O4/c1-29(37,22-7-6-8-23(17-22)38-5)28(36)33(4)18-19-15-21(16-19)20-11-13-34(14-12-20)25-10-9-24(26(30)31-25)27(35)32(2)3/h6-10,17,19-21,37H,11-16,18H2,1-5H3/t19?,21?,29-/m1/s1. The van der Waals surface area contributed by atoms with Gasteiger partial charge in [0.05, 0.1) is 12.7 Å². The summed E-state index contributed by atoms with van der Waals surface area (Å²) in [5.74, 6) is 2.76. The predicted octanol–water partition coefficient (Wildman–Crippen LogP) is 4.05. The highest BCUT2D eigenvalue weighted by Crippen LogP contribution is 2.43. The molecule has 1 saturated carbocycles. The second kappa shape index (κ2) is 11.5. The number of amides is 2. The SMILES string of the molecule is COc1cccc([C@@](C)(O)C(=O)N(C)CC2CC(C3CCN(c4ccc(C(=O)N(C)C)c(Cl)n4)CC3)C2)c1. The maximum atomic E-state index is 13.1. The summed E-state index contributed by atoms with van der Waals surface area (Å²) < 4.78 is 5.25. The minimum atomic E-state index is -1.60. The van der Waals surface area contributed by atoms with Crippen molar-refractivity contribution in [3.63, 3.8) is 0 Å². The molecule has 2 fully saturated rings. The zero-order chi connectivity index (χ0) is 27.6. The molecule has 0 radical (unpaired) electrons. The van der Waals surface area contributed by atoms with Crippen LogP contribution in [0.25, 0.3) is 0 Å². The first-order valence-corrected chi connectivity index (χ1v) is 13.6. The highest BCUT2D eigenvalue weighted by atomic mass is 35.5. The largest absolute Gasteiger partial charge is 0.497 e. The summed E-state index contributed by atoms with van der Waals surface area (Å²) in [4.78, 5) is 35.2. The molecule has 0 spiro atoms. The minimum absolute atomic E-state index is 0.149. The van der Waals surface area contributed by atoms with E-state index in [1.807, 2.05) is 6.07 Å². The van der Waals surface area contributed by atoms with Gasteiger partial charge in [-0.3, -0.25) is 9.59 Å². The molecule has 1 aliphatic heterocycles. The Hall–Kier alpha value is -2.84. The summed E-state index contributed by atoms with van der Waals surface area (Å²) in [6, 6.07) is 10.7. The van der Waals surface area contributed by atoms with Crippen LogP contribution in [0.5, 0.6) is 5.75 Å². The highest BCUT2D eigenvalue weighted by Gasteiger charge is 2.40. The van der Waals surface area contributed by atoms with E-state index in [-0.39, 0.29) is 17.0 Å². The Morgan fingerprint density at radius 2 is 1.82 bits per heavy atom. The maximum Gasteiger partial charge on any atom is 0.258 e. The van der Waals surface area contributed by atoms with Gasteiger partial charge in [-0.05, 0) is 80.2 Å². The average Bonchev–Trinajstić information content (AvgIpc) is 2.89. The van der Waals surface area contributed by atoms with Crippen molar-refractivity contribution in [2.24, 2.45) is 17.8 Å². The quantitative estimate of drug-likeness (QED) is 0.506. The number of aromatic nitrogens is 1. The first-order valence-electron chi connectivity index (χ1n) is 13.3. The highest BCUT2D eigenvalue weighted by molar-refractivity contribution is 6.32. The van der Waals surface area contributed by atoms with Crippen LogP contribution >= 0.6 is 11.6 Å². The van der Waals surface area contributed by atoms with Crippen molar-refractivity contribution >= 4 is 29.2 Å². The minimum Gasteiger partial charge on any atom is -0.497 e. The van der Waals surface area contributed by atoms with Crippen LogP contribution in [0, 0.1) is 17.8 Å². The van der Waals surface area contributed by atoms with Gasteiger partial charge in [-0.2, -0.15) is 0 Å². The van der Waals surface area contributed by atoms with Gasteiger partial charge in [0.25, 0.3) is 11.8 Å². The molecule has 0 bridgehead atoms. The van der Waals surface area contributed by atoms with Crippen LogP contribution in [0.15, 0.2) is 36.4 Å². The van der Waals surface area contributed by atoms with Crippen molar-refractivity contribution < 1.29 is 19.4 Å². The van der Waals surface area contributed by atoms with E-state index >= 15 is 0 Å². The van der Waals surface area contributed by atoms with E-state index < -0.39 is 5.60 Å². The third-order valence-corrected chi connectivity index (χ3v) is 8.49. The number of carbonyl (C=O) groups excluding carboxylic acids is 2. The summed E-state index contributed by atoms with van der Waals surface area (Å²) in [5, 5.41) is 11.3. The van der Waals surface area contributed by atoms with Gasteiger partial charge in [0.15, 0.2) is 5.60 Å². The van der Waals surface area contributed by atoms with Crippen LogP contribution in [0.4, 0.5) is 5.82 Å².